The Labute approximate surface area is 155 Å². The number of aryl methyl sites for hydroxylation is 1. The van der Waals surface area contributed by atoms with Crippen molar-refractivity contribution in [3.05, 3.63) is 58.7 Å². The summed E-state index contributed by atoms with van der Waals surface area (Å²) in [7, 11) is 1.63. The number of nitrogens with one attached hydrogen (secondary N) is 2. The Kier molecular flexibility index (Phi) is 4.59. The van der Waals surface area contributed by atoms with Gasteiger partial charge in [0.2, 0.25) is 0 Å². The van der Waals surface area contributed by atoms with Gasteiger partial charge in [0, 0.05) is 17.8 Å². The molecule has 9 nitrogen and oxygen atoms in total. The quantitative estimate of drug-likeness (QED) is 0.707. The molecule has 0 saturated heterocycles. The molecule has 1 aliphatic rings. The van der Waals surface area contributed by atoms with E-state index in [2.05, 4.69) is 25.8 Å². The van der Waals surface area contributed by atoms with Crippen molar-refractivity contribution in [3.63, 3.8) is 0 Å². The van der Waals surface area contributed by atoms with Crippen molar-refractivity contribution in [1.82, 2.24) is 30.5 Å². The maximum Gasteiger partial charge on any atom is 0.274 e. The molecule has 0 fully saturated rings. The first kappa shape index (κ1) is 17.2. The number of hydrogen-bond donors (Lipinski definition) is 2. The van der Waals surface area contributed by atoms with Gasteiger partial charge in [-0.1, -0.05) is 17.3 Å². The topological polar surface area (TPSA) is 107 Å². The molecule has 1 amide bonds. The predicted octanol–water partition coefficient (Wildman–Crippen LogP) is 1.52. The third kappa shape index (κ3) is 3.41. The van der Waals surface area contributed by atoms with Crippen molar-refractivity contribution in [1.29, 1.82) is 0 Å². The van der Waals surface area contributed by atoms with Crippen LogP contribution in [0.5, 0.6) is 5.75 Å². The van der Waals surface area contributed by atoms with Crippen LogP contribution in [0.3, 0.4) is 0 Å². The molecule has 0 aliphatic carbocycles. The average Bonchev–Trinajstić information content (AvgIpc) is 3.31. The summed E-state index contributed by atoms with van der Waals surface area (Å²) in [6.07, 6.45) is 1.55. The molecule has 1 aromatic carbocycles. The average molecular weight is 368 g/mol. The van der Waals surface area contributed by atoms with E-state index in [1.165, 1.54) is 0 Å². The summed E-state index contributed by atoms with van der Waals surface area (Å²) >= 11 is 0. The monoisotopic (exact) mass is 368 g/mol. The van der Waals surface area contributed by atoms with Crippen molar-refractivity contribution < 1.29 is 14.3 Å². The fraction of sp³-hybridized carbons (Fsp3) is 0.333. The maximum absolute atomic E-state index is 12.5. The van der Waals surface area contributed by atoms with Gasteiger partial charge >= 0.3 is 0 Å². The van der Waals surface area contributed by atoms with Crippen LogP contribution in [0.15, 0.2) is 30.5 Å². The Balaban J connectivity index is 1.44. The SMILES string of the molecule is COc1ccc(C2Cn3nnc(C(=O)NCc4cn[nH]c4C)c3CO2)cc1. The fourth-order valence-corrected chi connectivity index (χ4v) is 3.02. The van der Waals surface area contributed by atoms with Gasteiger partial charge in [0.15, 0.2) is 5.69 Å². The van der Waals surface area contributed by atoms with E-state index in [1.54, 1.807) is 18.0 Å². The molecule has 1 aliphatic heterocycles. The summed E-state index contributed by atoms with van der Waals surface area (Å²) in [4.78, 5) is 12.5. The van der Waals surface area contributed by atoms with Gasteiger partial charge in [-0.05, 0) is 24.6 Å². The normalized spacial score (nSPS) is 16.0. The molecule has 0 bridgehead atoms. The van der Waals surface area contributed by atoms with Gasteiger partial charge < -0.3 is 14.8 Å². The number of aromatic amines is 1. The second-order valence-corrected chi connectivity index (χ2v) is 6.34. The Morgan fingerprint density at radius 2 is 2.22 bits per heavy atom. The zero-order valence-corrected chi connectivity index (χ0v) is 15.1. The lowest BCUT2D eigenvalue weighted by molar-refractivity contribution is -0.00179. The molecule has 0 saturated carbocycles. The number of amides is 1. The molecule has 4 rings (SSSR count). The lowest BCUT2D eigenvalue weighted by Crippen LogP contribution is -2.27. The van der Waals surface area contributed by atoms with Crippen LogP contribution in [0.4, 0.5) is 0 Å². The number of aromatic nitrogens is 5. The number of H-pyrrole nitrogens is 1. The maximum atomic E-state index is 12.5. The lowest BCUT2D eigenvalue weighted by atomic mass is 10.1. The molecular weight excluding hydrogens is 348 g/mol. The van der Waals surface area contributed by atoms with Gasteiger partial charge in [0.25, 0.3) is 5.91 Å². The Morgan fingerprint density at radius 3 is 2.93 bits per heavy atom. The number of benzene rings is 1. The zero-order valence-electron chi connectivity index (χ0n) is 15.1. The highest BCUT2D eigenvalue weighted by atomic mass is 16.5. The summed E-state index contributed by atoms with van der Waals surface area (Å²) in [5.74, 6) is 0.520. The minimum Gasteiger partial charge on any atom is -0.497 e. The summed E-state index contributed by atoms with van der Waals surface area (Å²) < 4.78 is 12.9. The summed E-state index contributed by atoms with van der Waals surface area (Å²) in [6.45, 7) is 3.06. The summed E-state index contributed by atoms with van der Waals surface area (Å²) in [5.41, 5.74) is 3.86. The van der Waals surface area contributed by atoms with Gasteiger partial charge in [-0.25, -0.2) is 4.68 Å². The first-order chi connectivity index (χ1) is 13.2. The second-order valence-electron chi connectivity index (χ2n) is 6.34. The molecule has 3 aromatic rings. The number of hydrogen-bond acceptors (Lipinski definition) is 6. The smallest absolute Gasteiger partial charge is 0.274 e. The molecule has 3 heterocycles. The second kappa shape index (κ2) is 7.20. The molecule has 2 aromatic heterocycles. The van der Waals surface area contributed by atoms with Crippen LogP contribution in [0, 0.1) is 6.92 Å². The first-order valence-electron chi connectivity index (χ1n) is 8.60. The lowest BCUT2D eigenvalue weighted by Gasteiger charge is -2.24. The largest absolute Gasteiger partial charge is 0.497 e. The van der Waals surface area contributed by atoms with E-state index in [9.17, 15) is 4.79 Å². The standard InChI is InChI=1S/C18H20N6O3/c1-11-13(8-20-21-11)7-19-18(25)17-15-10-27-16(9-24(15)23-22-17)12-3-5-14(26-2)6-4-12/h3-6,8,16H,7,9-10H2,1-2H3,(H,19,25)(H,20,21). The molecule has 0 radical (unpaired) electrons. The number of nitrogens with zero attached hydrogens (tertiary/aromatic N) is 4. The molecule has 0 spiro atoms. The van der Waals surface area contributed by atoms with Crippen LogP contribution in [0.1, 0.15) is 39.1 Å². The van der Waals surface area contributed by atoms with E-state index in [0.717, 1.165) is 22.6 Å². The molecule has 27 heavy (non-hydrogen) atoms. The van der Waals surface area contributed by atoms with Crippen molar-refractivity contribution in [2.24, 2.45) is 0 Å². The number of fused-ring (bicyclic) bond motifs is 1. The predicted molar refractivity (Wildman–Crippen MR) is 95.0 cm³/mol. The zero-order chi connectivity index (χ0) is 18.8. The van der Waals surface area contributed by atoms with Crippen molar-refractivity contribution in [2.75, 3.05) is 7.11 Å². The van der Waals surface area contributed by atoms with Crippen LogP contribution >= 0.6 is 0 Å². The molecule has 2 N–H and O–H groups in total. The minimum absolute atomic E-state index is 0.144. The van der Waals surface area contributed by atoms with E-state index in [0.29, 0.717) is 24.5 Å². The van der Waals surface area contributed by atoms with Gasteiger partial charge in [0.05, 0.1) is 32.2 Å². The van der Waals surface area contributed by atoms with Gasteiger partial charge in [-0.2, -0.15) is 5.10 Å². The van der Waals surface area contributed by atoms with Crippen LogP contribution in [0.25, 0.3) is 0 Å². The van der Waals surface area contributed by atoms with Crippen molar-refractivity contribution >= 4 is 5.91 Å². The summed E-state index contributed by atoms with van der Waals surface area (Å²) in [5, 5.41) is 17.8. The molecule has 140 valence electrons. The number of ether oxygens (including phenoxy) is 2. The Morgan fingerprint density at radius 1 is 1.41 bits per heavy atom. The number of rotatable bonds is 5. The number of methoxy groups -OCH3 is 1. The van der Waals surface area contributed by atoms with E-state index in [1.807, 2.05) is 31.2 Å². The molecule has 1 atom stereocenters. The third-order valence-corrected chi connectivity index (χ3v) is 4.67. The Hall–Kier alpha value is -3.20. The minimum atomic E-state index is -0.275. The van der Waals surface area contributed by atoms with Crippen LogP contribution in [-0.4, -0.2) is 38.2 Å². The number of carbonyl (C=O) groups excluding carboxylic acids is 1. The highest BCUT2D eigenvalue weighted by Crippen LogP contribution is 2.28. The van der Waals surface area contributed by atoms with E-state index in [-0.39, 0.29) is 18.6 Å². The van der Waals surface area contributed by atoms with Crippen LogP contribution in [-0.2, 0) is 24.4 Å². The molecule has 9 heteroatoms. The van der Waals surface area contributed by atoms with Crippen molar-refractivity contribution in [3.8, 4) is 5.75 Å². The fourth-order valence-electron chi connectivity index (χ4n) is 3.02. The van der Waals surface area contributed by atoms with E-state index >= 15 is 0 Å². The number of carbonyl (C=O) groups is 1. The first-order valence-corrected chi connectivity index (χ1v) is 8.60. The van der Waals surface area contributed by atoms with Crippen molar-refractivity contribution in [2.45, 2.75) is 32.7 Å². The highest BCUT2D eigenvalue weighted by Gasteiger charge is 2.27. The summed E-state index contributed by atoms with van der Waals surface area (Å²) in [6, 6.07) is 7.72. The molecular formula is C18H20N6O3. The van der Waals surface area contributed by atoms with Gasteiger partial charge in [-0.15, -0.1) is 5.10 Å². The van der Waals surface area contributed by atoms with E-state index < -0.39 is 0 Å². The highest BCUT2D eigenvalue weighted by molar-refractivity contribution is 5.93. The molecule has 1 unspecified atom stereocenters. The van der Waals surface area contributed by atoms with Gasteiger partial charge in [-0.3, -0.25) is 9.89 Å². The third-order valence-electron chi connectivity index (χ3n) is 4.67. The van der Waals surface area contributed by atoms with Crippen LogP contribution in [0.2, 0.25) is 0 Å². The van der Waals surface area contributed by atoms with E-state index in [4.69, 9.17) is 9.47 Å². The Bertz CT molecular complexity index is 946. The van der Waals surface area contributed by atoms with Crippen LogP contribution < -0.4 is 10.1 Å². The van der Waals surface area contributed by atoms with Gasteiger partial charge in [0.1, 0.15) is 11.9 Å².